The van der Waals surface area contributed by atoms with Gasteiger partial charge in [0, 0.05) is 12.0 Å². The minimum Gasteiger partial charge on any atom is -0.396 e. The SMILES string of the molecule is CCC[C@H]1OC[C@@]23CC[C@](C)(CO)C[C@H]2C2=CC[C@H]4[C@@]5(C)CC[C@H](O[C@@H]6OC[C@H](O[C@@H]7O[C@H](CO)[C@@H](O)[C@H](O)[C@H]7O[C@@H]7OC[C@@H](O)[C@H](O)[C@H]7O)[C@H](O)[C@H]6O[C@@H]6O[C@H](CO)[C@@H](O)[C@H](O)[C@H]6O)C(C)(C)[C@H]5CC[C@@]4(C)[C@]2(C)C[C@@H]3O1. The molecule has 0 unspecified atom stereocenters. The summed E-state index contributed by atoms with van der Waals surface area (Å²) in [5, 5.41) is 129. The molecule has 0 amide bonds. The summed E-state index contributed by atoms with van der Waals surface area (Å²) in [5.74, 6) is 0.697. The minimum atomic E-state index is -1.88. The van der Waals surface area contributed by atoms with Gasteiger partial charge in [-0.2, -0.15) is 0 Å². The average molecular weight is 1120 g/mol. The Labute approximate surface area is 457 Å². The Morgan fingerprint density at radius 3 is 1.94 bits per heavy atom. The van der Waals surface area contributed by atoms with Crippen LogP contribution in [0.3, 0.4) is 0 Å². The average Bonchev–Trinajstić information content (AvgIpc) is 3.41. The first kappa shape index (κ1) is 60.0. The van der Waals surface area contributed by atoms with Crippen molar-refractivity contribution in [3.8, 4) is 0 Å². The first-order chi connectivity index (χ1) is 36.8. The highest BCUT2D eigenvalue weighted by atomic mass is 16.8. The van der Waals surface area contributed by atoms with E-state index in [0.717, 1.165) is 64.2 Å². The molecule has 12 N–H and O–H groups in total. The van der Waals surface area contributed by atoms with E-state index in [1.165, 1.54) is 5.57 Å². The molecule has 0 aromatic rings. The van der Waals surface area contributed by atoms with Gasteiger partial charge in [0.2, 0.25) is 0 Å². The standard InChI is InChI=1S/C56H92O22/c1-8-9-36-71-25-56-17-16-52(4,24-59)18-27(56)26-10-11-33-53(5)14-13-34(51(2,3)32(53)12-15-54(33,6)55(26,7)19-35(56)75-36)76-49-45(78-48-44(68)41(65)38(62)29(20-57)72-48)40(64)31(23-70-49)74-50-46(42(66)39(63)30(21-58)73-50)77-47-43(67)37(61)28(60)22-69-47/h10,27-50,57-68H,8-9,11-25H2,1-7H3/t27-,28+,29+,30+,31-,32+,33-,34-,35-,36-,37-,38+,39+,40-,41-,42-,43+,44+,45+,46+,47-,48-,49-,50-,52-,53-,54+,55+,56-/m0/s1. The maximum Gasteiger partial charge on any atom is 0.187 e. The first-order valence-electron chi connectivity index (χ1n) is 28.9. The van der Waals surface area contributed by atoms with Crippen molar-refractivity contribution >= 4 is 0 Å². The third-order valence-electron chi connectivity index (χ3n) is 22.1. The van der Waals surface area contributed by atoms with Crippen molar-refractivity contribution in [3.05, 3.63) is 11.6 Å². The summed E-state index contributed by atoms with van der Waals surface area (Å²) >= 11 is 0. The van der Waals surface area contributed by atoms with Gasteiger partial charge in [-0.05, 0) is 109 Å². The zero-order chi connectivity index (χ0) is 56.2. The Morgan fingerprint density at radius 1 is 0.590 bits per heavy atom. The fourth-order valence-corrected chi connectivity index (χ4v) is 17.1. The fraction of sp³-hybridized carbons (Fsp3) is 0.964. The van der Waals surface area contributed by atoms with Crippen molar-refractivity contribution in [2.24, 2.45) is 50.2 Å². The van der Waals surface area contributed by atoms with E-state index in [0.29, 0.717) is 18.9 Å². The van der Waals surface area contributed by atoms with Crippen LogP contribution in [-0.2, 0) is 47.4 Å². The molecule has 10 rings (SSSR count). The highest BCUT2D eigenvalue weighted by Crippen LogP contribution is 2.76. The van der Waals surface area contributed by atoms with Crippen molar-refractivity contribution in [3.63, 3.8) is 0 Å². The third kappa shape index (κ3) is 9.83. The molecule has 0 bridgehead atoms. The van der Waals surface area contributed by atoms with E-state index < -0.39 is 149 Å². The van der Waals surface area contributed by atoms with Gasteiger partial charge in [0.1, 0.15) is 85.5 Å². The van der Waals surface area contributed by atoms with Gasteiger partial charge in [0.15, 0.2) is 31.5 Å². The number of ether oxygens (including phenoxy) is 10. The van der Waals surface area contributed by atoms with Crippen LogP contribution < -0.4 is 0 Å². The van der Waals surface area contributed by atoms with Crippen molar-refractivity contribution in [1.82, 2.24) is 0 Å². The molecular formula is C56H92O22. The Morgan fingerprint density at radius 2 is 1.24 bits per heavy atom. The van der Waals surface area contributed by atoms with Crippen molar-refractivity contribution < 1.29 is 109 Å². The van der Waals surface area contributed by atoms with Gasteiger partial charge in [0.25, 0.3) is 0 Å². The van der Waals surface area contributed by atoms with Gasteiger partial charge >= 0.3 is 0 Å². The van der Waals surface area contributed by atoms with E-state index in [1.54, 1.807) is 0 Å². The van der Waals surface area contributed by atoms with Crippen LogP contribution in [-0.4, -0.2) is 230 Å². The third-order valence-corrected chi connectivity index (χ3v) is 22.1. The van der Waals surface area contributed by atoms with Gasteiger partial charge in [-0.3, -0.25) is 0 Å². The number of rotatable bonds is 13. The lowest BCUT2D eigenvalue weighted by Crippen LogP contribution is -2.69. The monoisotopic (exact) mass is 1120 g/mol. The second-order valence-electron chi connectivity index (χ2n) is 26.8. The summed E-state index contributed by atoms with van der Waals surface area (Å²) in [4.78, 5) is 0. The molecule has 0 aromatic heterocycles. The van der Waals surface area contributed by atoms with E-state index in [9.17, 15) is 61.3 Å². The van der Waals surface area contributed by atoms with Crippen LogP contribution in [0.15, 0.2) is 11.6 Å². The van der Waals surface area contributed by atoms with Gasteiger partial charge in [-0.15, -0.1) is 0 Å². The van der Waals surface area contributed by atoms with Crippen LogP contribution >= 0.6 is 0 Å². The normalized spacial score (nSPS) is 55.1. The van der Waals surface area contributed by atoms with Crippen LogP contribution in [0.4, 0.5) is 0 Å². The van der Waals surface area contributed by atoms with Crippen LogP contribution in [0.1, 0.15) is 119 Å². The van der Waals surface area contributed by atoms with Gasteiger partial charge in [-0.25, -0.2) is 0 Å². The molecule has 5 aliphatic carbocycles. The topological polar surface area (TPSA) is 335 Å². The Balaban J connectivity index is 0.909. The Hall–Kier alpha value is -1.14. The molecule has 0 radical (unpaired) electrons. The largest absolute Gasteiger partial charge is 0.396 e. The number of hydrogen-bond acceptors (Lipinski definition) is 22. The second kappa shape index (κ2) is 22.4. The zero-order valence-electron chi connectivity index (χ0n) is 46.4. The molecule has 1 spiro atoms. The maximum atomic E-state index is 12.4. The molecule has 5 heterocycles. The summed E-state index contributed by atoms with van der Waals surface area (Å²) in [6.45, 7) is 14.7. The molecule has 22 heteroatoms. The Bertz CT molecular complexity index is 2100. The summed E-state index contributed by atoms with van der Waals surface area (Å²) in [7, 11) is 0. The van der Waals surface area contributed by atoms with Crippen molar-refractivity contribution in [2.45, 2.75) is 248 Å². The smallest absolute Gasteiger partial charge is 0.187 e. The summed E-state index contributed by atoms with van der Waals surface area (Å²) in [6.07, 6.45) is -18.1. The van der Waals surface area contributed by atoms with E-state index >= 15 is 0 Å². The summed E-state index contributed by atoms with van der Waals surface area (Å²) < 4.78 is 62.6. The highest BCUT2D eigenvalue weighted by Gasteiger charge is 2.71. The van der Waals surface area contributed by atoms with Gasteiger partial charge in [-0.1, -0.05) is 66.5 Å². The fourth-order valence-electron chi connectivity index (χ4n) is 17.1. The molecule has 78 heavy (non-hydrogen) atoms. The van der Waals surface area contributed by atoms with E-state index in [1.807, 2.05) is 0 Å². The summed E-state index contributed by atoms with van der Waals surface area (Å²) in [5.41, 5.74) is 0.293. The lowest BCUT2D eigenvalue weighted by molar-refractivity contribution is -0.392. The molecular weight excluding hydrogens is 1020 g/mol. The molecule has 9 fully saturated rings. The number of aliphatic hydroxyl groups excluding tert-OH is 12. The van der Waals surface area contributed by atoms with Crippen molar-refractivity contribution in [2.75, 3.05) is 39.6 Å². The molecule has 0 aromatic carbocycles. The van der Waals surface area contributed by atoms with Crippen LogP contribution in [0.5, 0.6) is 0 Å². The van der Waals surface area contributed by atoms with E-state index in [-0.39, 0.29) is 57.9 Å². The van der Waals surface area contributed by atoms with Crippen LogP contribution in [0, 0.1) is 50.2 Å². The number of allylic oxidation sites excluding steroid dienone is 2. The number of hydrogen-bond donors (Lipinski definition) is 12. The lowest BCUT2D eigenvalue weighted by Gasteiger charge is -2.73. The molecule has 4 saturated carbocycles. The number of fused-ring (bicyclic) bond motifs is 6. The predicted octanol–water partition coefficient (Wildman–Crippen LogP) is -0.152. The molecule has 5 saturated heterocycles. The molecule has 22 nitrogen and oxygen atoms in total. The van der Waals surface area contributed by atoms with E-state index in [2.05, 4.69) is 54.5 Å². The molecule has 448 valence electrons. The quantitative estimate of drug-likeness (QED) is 0.0843. The predicted molar refractivity (Wildman–Crippen MR) is 270 cm³/mol. The first-order valence-corrected chi connectivity index (χ1v) is 28.9. The molecule has 29 atom stereocenters. The minimum absolute atomic E-state index is 0.0340. The van der Waals surface area contributed by atoms with Crippen LogP contribution in [0.25, 0.3) is 0 Å². The number of aliphatic hydroxyl groups is 12. The molecule has 10 aliphatic rings. The summed E-state index contributed by atoms with van der Waals surface area (Å²) in [6, 6.07) is 0. The Kier molecular flexibility index (Phi) is 17.2. The maximum absolute atomic E-state index is 12.4. The van der Waals surface area contributed by atoms with Crippen LogP contribution in [0.2, 0.25) is 0 Å². The zero-order valence-corrected chi connectivity index (χ0v) is 46.4. The van der Waals surface area contributed by atoms with Gasteiger partial charge < -0.3 is 109 Å². The second-order valence-corrected chi connectivity index (χ2v) is 26.8. The van der Waals surface area contributed by atoms with Crippen molar-refractivity contribution in [1.29, 1.82) is 0 Å². The highest BCUT2D eigenvalue weighted by molar-refractivity contribution is 5.35. The van der Waals surface area contributed by atoms with E-state index in [4.69, 9.17) is 47.4 Å². The van der Waals surface area contributed by atoms with Gasteiger partial charge in [0.05, 0.1) is 45.2 Å². The molecule has 5 aliphatic heterocycles. The lowest BCUT2D eigenvalue weighted by atomic mass is 9.33.